The lowest BCUT2D eigenvalue weighted by molar-refractivity contribution is -0.142. The summed E-state index contributed by atoms with van der Waals surface area (Å²) < 4.78 is 10.9. The van der Waals surface area contributed by atoms with Crippen molar-refractivity contribution in [2.75, 3.05) is 44.7 Å². The van der Waals surface area contributed by atoms with Gasteiger partial charge in [-0.15, -0.1) is 11.3 Å². The van der Waals surface area contributed by atoms with Crippen LogP contribution in [0.25, 0.3) is 0 Å². The largest absolute Gasteiger partial charge is 0.462 e. The maximum absolute atomic E-state index is 12.8. The number of hydrogen-bond donors (Lipinski definition) is 1. The van der Waals surface area contributed by atoms with Crippen molar-refractivity contribution >= 4 is 45.5 Å². The molecule has 0 saturated carbocycles. The van der Waals surface area contributed by atoms with Gasteiger partial charge in [0.25, 0.3) is 5.91 Å². The Morgan fingerprint density at radius 3 is 2.50 bits per heavy atom. The van der Waals surface area contributed by atoms with Gasteiger partial charge in [0.05, 0.1) is 12.2 Å². The number of thiophene rings is 1. The molecule has 9 heteroatoms. The van der Waals surface area contributed by atoms with Crippen LogP contribution in [0.1, 0.15) is 66.2 Å². The van der Waals surface area contributed by atoms with Crippen molar-refractivity contribution in [2.24, 2.45) is 0 Å². The molecule has 0 bridgehead atoms. The first kappa shape index (κ1) is 23.4. The number of piperazine rings is 1. The number of esters is 1. The molecule has 1 aromatic heterocycles. The Labute approximate surface area is 199 Å². The number of aryl methyl sites for hydroxylation is 1. The summed E-state index contributed by atoms with van der Waals surface area (Å²) in [6.07, 6.45) is 8.11. The van der Waals surface area contributed by atoms with Crippen molar-refractivity contribution in [2.45, 2.75) is 64.4 Å². The average Bonchev–Trinajstić information content (AvgIpc) is 3.42. The molecule has 0 aromatic carbocycles. The van der Waals surface area contributed by atoms with Crippen molar-refractivity contribution in [3.05, 3.63) is 16.0 Å². The summed E-state index contributed by atoms with van der Waals surface area (Å²) in [7, 11) is 0. The lowest BCUT2D eigenvalue weighted by Gasteiger charge is -2.37. The van der Waals surface area contributed by atoms with E-state index < -0.39 is 0 Å². The molecule has 4 rings (SSSR count). The normalized spacial score (nSPS) is 21.5. The molecule has 2 fully saturated rings. The number of nitrogens with one attached hydrogen (secondary N) is 1. The molecule has 1 amide bonds. The Morgan fingerprint density at radius 1 is 1.09 bits per heavy atom. The second kappa shape index (κ2) is 10.9. The Bertz CT molecular complexity index is 843. The van der Waals surface area contributed by atoms with E-state index >= 15 is 0 Å². The fraction of sp³-hybridized carbons (Fsp3) is 0.696. The van der Waals surface area contributed by atoms with Crippen LogP contribution in [-0.2, 0) is 27.1 Å². The molecular formula is C23H33N3O4S2. The maximum Gasteiger partial charge on any atom is 0.341 e. The van der Waals surface area contributed by atoms with E-state index in [2.05, 4.69) is 10.2 Å². The summed E-state index contributed by atoms with van der Waals surface area (Å²) in [6, 6.07) is 0. The highest BCUT2D eigenvalue weighted by molar-refractivity contribution is 7.80. The summed E-state index contributed by atoms with van der Waals surface area (Å²) >= 11 is 7.36. The van der Waals surface area contributed by atoms with Crippen LogP contribution in [0.4, 0.5) is 5.00 Å². The number of carbonyl (C=O) groups is 2. The highest BCUT2D eigenvalue weighted by Crippen LogP contribution is 2.37. The Morgan fingerprint density at radius 2 is 1.81 bits per heavy atom. The third-order valence-corrected chi connectivity index (χ3v) is 8.02. The zero-order valence-electron chi connectivity index (χ0n) is 18.8. The summed E-state index contributed by atoms with van der Waals surface area (Å²) in [5.74, 6) is -0.161. The summed E-state index contributed by atoms with van der Waals surface area (Å²) in [6.45, 7) is 5.47. The van der Waals surface area contributed by atoms with Gasteiger partial charge in [-0.1, -0.05) is 12.8 Å². The molecule has 1 N–H and O–H groups in total. The van der Waals surface area contributed by atoms with Gasteiger partial charge in [0, 0.05) is 37.7 Å². The van der Waals surface area contributed by atoms with Crippen LogP contribution in [0.15, 0.2) is 0 Å². The van der Waals surface area contributed by atoms with E-state index in [9.17, 15) is 9.59 Å². The van der Waals surface area contributed by atoms with Gasteiger partial charge < -0.3 is 24.6 Å². The van der Waals surface area contributed by atoms with Crippen LogP contribution in [0.5, 0.6) is 0 Å². The minimum absolute atomic E-state index is 0.101. The van der Waals surface area contributed by atoms with Gasteiger partial charge in [-0.25, -0.2) is 4.79 Å². The van der Waals surface area contributed by atoms with Gasteiger partial charge in [-0.05, 0) is 63.2 Å². The third-order valence-electron chi connectivity index (χ3n) is 6.46. The topological polar surface area (TPSA) is 71.1 Å². The number of amides is 1. The molecule has 176 valence electrons. The van der Waals surface area contributed by atoms with Gasteiger partial charge in [-0.3, -0.25) is 4.79 Å². The van der Waals surface area contributed by atoms with Crippen LogP contribution in [0.3, 0.4) is 0 Å². The second-order valence-corrected chi connectivity index (χ2v) is 10.1. The number of carbonyl (C=O) groups excluding carboxylic acids is 2. The monoisotopic (exact) mass is 479 g/mol. The molecule has 2 saturated heterocycles. The van der Waals surface area contributed by atoms with Gasteiger partial charge in [0.15, 0.2) is 5.11 Å². The number of nitrogens with zero attached hydrogens (tertiary/aromatic N) is 2. The number of thiocarbonyl (C=S) groups is 1. The minimum atomic E-state index is -0.274. The molecule has 2 aliphatic heterocycles. The number of hydrogen-bond acceptors (Lipinski definition) is 6. The van der Waals surface area contributed by atoms with Crippen LogP contribution in [0, 0.1) is 0 Å². The number of ether oxygens (including phenoxy) is 2. The fourth-order valence-electron chi connectivity index (χ4n) is 4.71. The molecule has 0 spiro atoms. The molecule has 32 heavy (non-hydrogen) atoms. The molecule has 3 aliphatic rings. The van der Waals surface area contributed by atoms with Gasteiger partial charge in [0.1, 0.15) is 11.1 Å². The minimum Gasteiger partial charge on any atom is -0.462 e. The van der Waals surface area contributed by atoms with E-state index in [1.54, 1.807) is 11.3 Å². The fourth-order valence-corrected chi connectivity index (χ4v) is 6.33. The van der Waals surface area contributed by atoms with Gasteiger partial charge in [-0.2, -0.15) is 0 Å². The highest BCUT2D eigenvalue weighted by Gasteiger charge is 2.31. The summed E-state index contributed by atoms with van der Waals surface area (Å²) in [4.78, 5) is 30.7. The van der Waals surface area contributed by atoms with E-state index in [0.717, 1.165) is 49.1 Å². The lowest BCUT2D eigenvalue weighted by Crippen LogP contribution is -2.53. The molecule has 3 heterocycles. The average molecular weight is 480 g/mol. The molecule has 1 aromatic rings. The number of fused-ring (bicyclic) bond motifs is 1. The van der Waals surface area contributed by atoms with Gasteiger partial charge >= 0.3 is 5.97 Å². The first-order chi connectivity index (χ1) is 15.6. The second-order valence-electron chi connectivity index (χ2n) is 8.59. The highest BCUT2D eigenvalue weighted by atomic mass is 32.1. The smallest absolute Gasteiger partial charge is 0.341 e. The van der Waals surface area contributed by atoms with Crippen molar-refractivity contribution < 1.29 is 19.1 Å². The van der Waals surface area contributed by atoms with Crippen LogP contribution >= 0.6 is 23.6 Å². The zero-order valence-corrected chi connectivity index (χ0v) is 20.5. The van der Waals surface area contributed by atoms with E-state index in [-0.39, 0.29) is 18.0 Å². The standard InChI is InChI=1S/C23H33N3O4S2/c1-2-29-22(28)19-16-8-5-3-4-6-10-18(16)32-20(19)24-23(31)26-13-11-25(12-14-26)21(27)17-9-7-15-30-17/h17H,2-15H2,1H3,(H,24,31). The number of rotatable bonds is 4. The number of anilines is 1. The van der Waals surface area contributed by atoms with Crippen molar-refractivity contribution in [1.29, 1.82) is 0 Å². The Hall–Kier alpha value is -1.71. The van der Waals surface area contributed by atoms with E-state index in [1.807, 2.05) is 11.8 Å². The predicted octanol–water partition coefficient (Wildman–Crippen LogP) is 3.60. The SMILES string of the molecule is CCOC(=O)c1c(NC(=S)N2CCN(C(=O)C3CCCO3)CC2)sc2c1CCCCCC2. The third kappa shape index (κ3) is 5.26. The van der Waals surface area contributed by atoms with E-state index in [1.165, 1.54) is 17.7 Å². The lowest BCUT2D eigenvalue weighted by atomic mass is 9.96. The molecule has 1 aliphatic carbocycles. The quantitative estimate of drug-likeness (QED) is 0.523. The van der Waals surface area contributed by atoms with Crippen molar-refractivity contribution in [3.8, 4) is 0 Å². The van der Waals surface area contributed by atoms with Crippen molar-refractivity contribution in [1.82, 2.24) is 9.80 Å². The Balaban J connectivity index is 1.43. The van der Waals surface area contributed by atoms with E-state index in [0.29, 0.717) is 50.1 Å². The predicted molar refractivity (Wildman–Crippen MR) is 129 cm³/mol. The molecule has 1 atom stereocenters. The van der Waals surface area contributed by atoms with Crippen molar-refractivity contribution in [3.63, 3.8) is 0 Å². The summed E-state index contributed by atoms with van der Waals surface area (Å²) in [5, 5.41) is 4.77. The van der Waals surface area contributed by atoms with E-state index in [4.69, 9.17) is 21.7 Å². The summed E-state index contributed by atoms with van der Waals surface area (Å²) in [5.41, 5.74) is 1.81. The molecule has 0 radical (unpaired) electrons. The van der Waals surface area contributed by atoms with Crippen LogP contribution < -0.4 is 5.32 Å². The Kier molecular flexibility index (Phi) is 8.02. The molecular weight excluding hydrogens is 446 g/mol. The maximum atomic E-state index is 12.8. The first-order valence-electron chi connectivity index (χ1n) is 11.9. The molecule has 1 unspecified atom stereocenters. The zero-order chi connectivity index (χ0) is 22.5. The van der Waals surface area contributed by atoms with Crippen LogP contribution in [-0.4, -0.2) is 72.3 Å². The first-order valence-corrected chi connectivity index (χ1v) is 13.1. The van der Waals surface area contributed by atoms with Gasteiger partial charge in [0.2, 0.25) is 0 Å². The van der Waals surface area contributed by atoms with Crippen LogP contribution in [0.2, 0.25) is 0 Å². The molecule has 7 nitrogen and oxygen atoms in total.